The Morgan fingerprint density at radius 3 is 2.07 bits per heavy atom. The zero-order valence-corrected chi connectivity index (χ0v) is 17.8. The fraction of sp³-hybridized carbons (Fsp3) is 0.905. The molecule has 2 aliphatic carbocycles. The SMILES string of the molecule is CC1CCCC(NC(=O)CC2(C(=O)NC3CCCC(C)C3)CCNC2)C1.Cl. The van der Waals surface area contributed by atoms with Gasteiger partial charge in [-0.3, -0.25) is 9.59 Å². The van der Waals surface area contributed by atoms with Crippen LogP contribution in [0.5, 0.6) is 0 Å². The normalized spacial score (nSPS) is 36.5. The first kappa shape index (κ1) is 22.5. The minimum absolute atomic E-state index is 0. The molecule has 0 radical (unpaired) electrons. The molecule has 156 valence electrons. The molecule has 6 heteroatoms. The number of halogens is 1. The van der Waals surface area contributed by atoms with E-state index in [2.05, 4.69) is 29.8 Å². The Kier molecular flexibility index (Phi) is 8.41. The van der Waals surface area contributed by atoms with Crippen molar-refractivity contribution in [2.75, 3.05) is 13.1 Å². The van der Waals surface area contributed by atoms with E-state index in [0.717, 1.165) is 38.6 Å². The van der Waals surface area contributed by atoms with E-state index in [1.165, 1.54) is 25.7 Å². The lowest BCUT2D eigenvalue weighted by Crippen LogP contribution is -2.50. The van der Waals surface area contributed by atoms with Crippen LogP contribution in [0.1, 0.15) is 78.1 Å². The Morgan fingerprint density at radius 1 is 0.963 bits per heavy atom. The average Bonchev–Trinajstić information content (AvgIpc) is 3.04. The summed E-state index contributed by atoms with van der Waals surface area (Å²) in [6.45, 7) is 5.97. The molecule has 5 atom stereocenters. The molecule has 0 aromatic carbocycles. The van der Waals surface area contributed by atoms with Gasteiger partial charge in [0.2, 0.25) is 11.8 Å². The maximum Gasteiger partial charge on any atom is 0.228 e. The van der Waals surface area contributed by atoms with Gasteiger partial charge in [-0.1, -0.05) is 39.5 Å². The average molecular weight is 400 g/mol. The number of nitrogens with one attached hydrogen (secondary N) is 3. The van der Waals surface area contributed by atoms with E-state index in [1.807, 2.05) is 0 Å². The van der Waals surface area contributed by atoms with E-state index in [9.17, 15) is 9.59 Å². The molecule has 3 aliphatic rings. The van der Waals surface area contributed by atoms with Crippen molar-refractivity contribution >= 4 is 24.2 Å². The zero-order chi connectivity index (χ0) is 18.6. The van der Waals surface area contributed by atoms with Crippen molar-refractivity contribution in [1.29, 1.82) is 0 Å². The van der Waals surface area contributed by atoms with Gasteiger partial charge in [0.1, 0.15) is 0 Å². The molecular formula is C21H38ClN3O2. The molecule has 2 saturated carbocycles. The van der Waals surface area contributed by atoms with E-state index < -0.39 is 5.41 Å². The molecule has 2 amide bonds. The predicted molar refractivity (Wildman–Crippen MR) is 111 cm³/mol. The molecule has 27 heavy (non-hydrogen) atoms. The van der Waals surface area contributed by atoms with Crippen LogP contribution in [0.3, 0.4) is 0 Å². The molecule has 3 rings (SSSR count). The first-order chi connectivity index (χ1) is 12.5. The highest BCUT2D eigenvalue weighted by atomic mass is 35.5. The van der Waals surface area contributed by atoms with Crippen molar-refractivity contribution in [2.24, 2.45) is 17.3 Å². The van der Waals surface area contributed by atoms with Gasteiger partial charge >= 0.3 is 0 Å². The van der Waals surface area contributed by atoms with Gasteiger partial charge in [0.15, 0.2) is 0 Å². The summed E-state index contributed by atoms with van der Waals surface area (Å²) in [6.07, 6.45) is 10.3. The van der Waals surface area contributed by atoms with Gasteiger partial charge in [-0.05, 0) is 50.5 Å². The van der Waals surface area contributed by atoms with E-state index in [1.54, 1.807) is 0 Å². The summed E-state index contributed by atoms with van der Waals surface area (Å²) in [7, 11) is 0. The highest BCUT2D eigenvalue weighted by Crippen LogP contribution is 2.32. The van der Waals surface area contributed by atoms with Crippen LogP contribution in [0.15, 0.2) is 0 Å². The van der Waals surface area contributed by atoms with E-state index in [-0.39, 0.29) is 30.3 Å². The van der Waals surface area contributed by atoms with Crippen molar-refractivity contribution in [3.05, 3.63) is 0 Å². The fourth-order valence-corrected chi connectivity index (χ4v) is 5.22. The van der Waals surface area contributed by atoms with Gasteiger partial charge in [-0.15, -0.1) is 12.4 Å². The number of amides is 2. The van der Waals surface area contributed by atoms with E-state index in [4.69, 9.17) is 0 Å². The monoisotopic (exact) mass is 399 g/mol. The summed E-state index contributed by atoms with van der Waals surface area (Å²) >= 11 is 0. The van der Waals surface area contributed by atoms with Crippen LogP contribution in [-0.2, 0) is 9.59 Å². The highest BCUT2D eigenvalue weighted by molar-refractivity contribution is 5.89. The van der Waals surface area contributed by atoms with Gasteiger partial charge < -0.3 is 16.0 Å². The molecule has 0 aromatic heterocycles. The third kappa shape index (κ3) is 6.08. The topological polar surface area (TPSA) is 70.2 Å². The Balaban J connectivity index is 0.00000261. The van der Waals surface area contributed by atoms with Crippen LogP contribution < -0.4 is 16.0 Å². The lowest BCUT2D eigenvalue weighted by molar-refractivity contribution is -0.136. The summed E-state index contributed by atoms with van der Waals surface area (Å²) < 4.78 is 0. The number of carbonyl (C=O) groups is 2. The van der Waals surface area contributed by atoms with Gasteiger partial charge in [0.05, 0.1) is 5.41 Å². The summed E-state index contributed by atoms with van der Waals surface area (Å²) in [5.74, 6) is 1.52. The van der Waals surface area contributed by atoms with Crippen LogP contribution in [0.25, 0.3) is 0 Å². The highest BCUT2D eigenvalue weighted by Gasteiger charge is 2.44. The van der Waals surface area contributed by atoms with E-state index >= 15 is 0 Å². The standard InChI is InChI=1S/C21H37N3O2.ClH/c1-15-5-3-7-17(11-15)23-19(25)13-21(9-10-22-14-21)20(26)24-18-8-4-6-16(2)12-18;/h15-18,22H,3-14H2,1-2H3,(H,23,25)(H,24,26);1H. The van der Waals surface area contributed by atoms with Gasteiger partial charge in [0, 0.05) is 25.0 Å². The third-order valence-corrected chi connectivity index (χ3v) is 6.80. The van der Waals surface area contributed by atoms with Crippen LogP contribution in [0, 0.1) is 17.3 Å². The molecule has 5 unspecified atom stereocenters. The van der Waals surface area contributed by atoms with Crippen LogP contribution >= 0.6 is 12.4 Å². The Labute approximate surface area is 170 Å². The van der Waals surface area contributed by atoms with Gasteiger partial charge in [0.25, 0.3) is 0 Å². The quantitative estimate of drug-likeness (QED) is 0.665. The molecule has 5 nitrogen and oxygen atoms in total. The largest absolute Gasteiger partial charge is 0.353 e. The molecular weight excluding hydrogens is 362 g/mol. The summed E-state index contributed by atoms with van der Waals surface area (Å²) in [5.41, 5.74) is -0.564. The molecule has 0 spiro atoms. The lowest BCUT2D eigenvalue weighted by Gasteiger charge is -2.33. The maximum atomic E-state index is 13.1. The first-order valence-corrected chi connectivity index (χ1v) is 10.8. The van der Waals surface area contributed by atoms with Gasteiger partial charge in [-0.25, -0.2) is 0 Å². The van der Waals surface area contributed by atoms with E-state index in [0.29, 0.717) is 30.8 Å². The van der Waals surface area contributed by atoms with Crippen molar-refractivity contribution in [1.82, 2.24) is 16.0 Å². The molecule has 1 heterocycles. The summed E-state index contributed by atoms with van der Waals surface area (Å²) in [4.78, 5) is 25.8. The van der Waals surface area contributed by atoms with Crippen LogP contribution in [-0.4, -0.2) is 37.0 Å². The molecule has 3 N–H and O–H groups in total. The maximum absolute atomic E-state index is 13.1. The Bertz CT molecular complexity index is 508. The lowest BCUT2D eigenvalue weighted by atomic mass is 9.80. The van der Waals surface area contributed by atoms with Crippen molar-refractivity contribution < 1.29 is 9.59 Å². The number of hydrogen-bond acceptors (Lipinski definition) is 3. The number of hydrogen-bond donors (Lipinski definition) is 3. The molecule has 1 saturated heterocycles. The predicted octanol–water partition coefficient (Wildman–Crippen LogP) is 3.17. The van der Waals surface area contributed by atoms with Gasteiger partial charge in [-0.2, -0.15) is 0 Å². The van der Waals surface area contributed by atoms with Crippen LogP contribution in [0.2, 0.25) is 0 Å². The second-order valence-corrected chi connectivity index (χ2v) is 9.36. The van der Waals surface area contributed by atoms with Crippen LogP contribution in [0.4, 0.5) is 0 Å². The number of carbonyl (C=O) groups excluding carboxylic acids is 2. The zero-order valence-electron chi connectivity index (χ0n) is 17.0. The smallest absolute Gasteiger partial charge is 0.228 e. The number of rotatable bonds is 5. The molecule has 1 aliphatic heterocycles. The second kappa shape index (κ2) is 10.1. The van der Waals surface area contributed by atoms with Crippen molar-refractivity contribution in [2.45, 2.75) is 90.1 Å². The van der Waals surface area contributed by atoms with Crippen molar-refractivity contribution in [3.8, 4) is 0 Å². The molecule has 3 fully saturated rings. The Hall–Kier alpha value is -0.810. The van der Waals surface area contributed by atoms with Crippen molar-refractivity contribution in [3.63, 3.8) is 0 Å². The fourth-order valence-electron chi connectivity index (χ4n) is 5.22. The second-order valence-electron chi connectivity index (χ2n) is 9.36. The third-order valence-electron chi connectivity index (χ3n) is 6.80. The molecule has 0 bridgehead atoms. The minimum Gasteiger partial charge on any atom is -0.353 e. The first-order valence-electron chi connectivity index (χ1n) is 10.8. The summed E-state index contributed by atoms with van der Waals surface area (Å²) in [5, 5.41) is 9.82. The summed E-state index contributed by atoms with van der Waals surface area (Å²) in [6, 6.07) is 0.575. The Morgan fingerprint density at radius 2 is 1.56 bits per heavy atom. The molecule has 0 aromatic rings. The minimum atomic E-state index is -0.564.